The summed E-state index contributed by atoms with van der Waals surface area (Å²) < 4.78 is 17.4. The third kappa shape index (κ3) is 6.11. The van der Waals surface area contributed by atoms with E-state index < -0.39 is 0 Å². The molecular weight excluding hydrogens is 476 g/mol. The Labute approximate surface area is 196 Å². The number of carbonyl (C=O) groups is 2. The minimum absolute atomic E-state index is 0.103. The van der Waals surface area contributed by atoms with E-state index >= 15 is 0 Å². The molecule has 0 saturated heterocycles. The van der Waals surface area contributed by atoms with E-state index in [9.17, 15) is 9.59 Å². The van der Waals surface area contributed by atoms with Gasteiger partial charge >= 0.3 is 0 Å². The van der Waals surface area contributed by atoms with Gasteiger partial charge in [-0.3, -0.25) is 14.5 Å². The fraction of sp³-hybridized carbons (Fsp3) is 0.333. The second kappa shape index (κ2) is 11.2. The highest BCUT2D eigenvalue weighted by Gasteiger charge is 2.31. The van der Waals surface area contributed by atoms with Crippen LogP contribution in [0.2, 0.25) is 0 Å². The SMILES string of the molecule is COc1ccc(C=C2Oc3ccccc3N(CC(=O)NCCCOC(C)C)C2=O)cc1Br. The summed E-state index contributed by atoms with van der Waals surface area (Å²) in [5, 5.41) is 2.85. The standard InChI is InChI=1S/C24H27BrN2O5/c1-16(2)31-12-6-11-26-23(28)15-27-19-7-4-5-8-21(19)32-22(24(27)29)14-17-9-10-20(30-3)18(25)13-17/h4-5,7-10,13-14,16H,6,11-12,15H2,1-3H3,(H,26,28). The molecule has 2 amide bonds. The van der Waals surface area contributed by atoms with E-state index in [2.05, 4.69) is 21.2 Å². The molecule has 0 saturated carbocycles. The van der Waals surface area contributed by atoms with E-state index in [1.54, 1.807) is 37.5 Å². The normalized spacial score (nSPS) is 14.3. The van der Waals surface area contributed by atoms with Crippen molar-refractivity contribution in [3.05, 3.63) is 58.3 Å². The van der Waals surface area contributed by atoms with Crippen LogP contribution in [-0.4, -0.2) is 44.7 Å². The number of para-hydroxylation sites is 2. The van der Waals surface area contributed by atoms with Gasteiger partial charge in [0.25, 0.3) is 5.91 Å². The molecule has 0 bridgehead atoms. The molecule has 0 spiro atoms. The highest BCUT2D eigenvalue weighted by molar-refractivity contribution is 9.10. The monoisotopic (exact) mass is 502 g/mol. The molecule has 3 rings (SSSR count). The van der Waals surface area contributed by atoms with Crippen molar-refractivity contribution in [3.8, 4) is 11.5 Å². The fourth-order valence-corrected chi connectivity index (χ4v) is 3.72. The van der Waals surface area contributed by atoms with Crippen LogP contribution < -0.4 is 19.7 Å². The number of hydrogen-bond donors (Lipinski definition) is 1. The van der Waals surface area contributed by atoms with Gasteiger partial charge in [0.2, 0.25) is 5.91 Å². The maximum atomic E-state index is 13.2. The van der Waals surface area contributed by atoms with E-state index in [1.165, 1.54) is 4.90 Å². The van der Waals surface area contributed by atoms with Gasteiger partial charge in [-0.15, -0.1) is 0 Å². The largest absolute Gasteiger partial charge is 0.496 e. The number of halogens is 1. The average molecular weight is 503 g/mol. The highest BCUT2D eigenvalue weighted by atomic mass is 79.9. The fourth-order valence-electron chi connectivity index (χ4n) is 3.16. The smallest absolute Gasteiger partial charge is 0.294 e. The van der Waals surface area contributed by atoms with E-state index in [-0.39, 0.29) is 30.2 Å². The zero-order valence-electron chi connectivity index (χ0n) is 18.4. The first kappa shape index (κ1) is 23.8. The third-order valence-corrected chi connectivity index (χ3v) is 5.32. The molecule has 170 valence electrons. The lowest BCUT2D eigenvalue weighted by molar-refractivity contribution is -0.123. The molecule has 0 unspecified atom stereocenters. The van der Waals surface area contributed by atoms with Crippen molar-refractivity contribution in [2.75, 3.05) is 31.7 Å². The van der Waals surface area contributed by atoms with Gasteiger partial charge in [-0.1, -0.05) is 18.2 Å². The van der Waals surface area contributed by atoms with Crippen LogP contribution in [0.5, 0.6) is 11.5 Å². The lowest BCUT2D eigenvalue weighted by Gasteiger charge is -2.30. The second-order valence-electron chi connectivity index (χ2n) is 7.49. The number of nitrogens with zero attached hydrogens (tertiary/aromatic N) is 1. The van der Waals surface area contributed by atoms with Crippen LogP contribution >= 0.6 is 15.9 Å². The molecule has 0 radical (unpaired) electrons. The number of benzene rings is 2. The average Bonchev–Trinajstić information content (AvgIpc) is 2.76. The minimum Gasteiger partial charge on any atom is -0.496 e. The summed E-state index contributed by atoms with van der Waals surface area (Å²) in [5.74, 6) is 0.716. The molecule has 2 aromatic carbocycles. The molecule has 1 aliphatic heterocycles. The number of fused-ring (bicyclic) bond motifs is 1. The minimum atomic E-state index is -0.381. The summed E-state index contributed by atoms with van der Waals surface area (Å²) in [6.07, 6.45) is 2.51. The Hall–Kier alpha value is -2.84. The van der Waals surface area contributed by atoms with Gasteiger partial charge < -0.3 is 19.5 Å². The summed E-state index contributed by atoms with van der Waals surface area (Å²) in [6, 6.07) is 12.6. The van der Waals surface area contributed by atoms with Gasteiger partial charge in [0, 0.05) is 13.2 Å². The third-order valence-electron chi connectivity index (χ3n) is 4.70. The van der Waals surface area contributed by atoms with Crippen LogP contribution in [0.1, 0.15) is 25.8 Å². The molecule has 1 heterocycles. The number of ether oxygens (including phenoxy) is 3. The predicted octanol–water partition coefficient (Wildman–Crippen LogP) is 4.16. The summed E-state index contributed by atoms with van der Waals surface area (Å²) >= 11 is 3.45. The molecule has 0 fully saturated rings. The van der Waals surface area contributed by atoms with Gasteiger partial charge in [-0.05, 0) is 72.1 Å². The molecule has 32 heavy (non-hydrogen) atoms. The van der Waals surface area contributed by atoms with E-state index in [0.29, 0.717) is 36.8 Å². The van der Waals surface area contributed by atoms with Gasteiger partial charge in [0.1, 0.15) is 12.3 Å². The highest BCUT2D eigenvalue weighted by Crippen LogP contribution is 2.36. The molecule has 2 aromatic rings. The number of nitrogens with one attached hydrogen (secondary N) is 1. The van der Waals surface area contributed by atoms with Gasteiger partial charge in [0.05, 0.1) is 23.4 Å². The number of hydrogen-bond acceptors (Lipinski definition) is 5. The molecule has 1 N–H and O–H groups in total. The molecular formula is C24H27BrN2O5. The first-order chi connectivity index (χ1) is 15.4. The molecule has 8 heteroatoms. The lowest BCUT2D eigenvalue weighted by atomic mass is 10.1. The topological polar surface area (TPSA) is 77.1 Å². The number of amides is 2. The Morgan fingerprint density at radius 2 is 2.03 bits per heavy atom. The molecule has 0 aromatic heterocycles. The quantitative estimate of drug-likeness (QED) is 0.411. The van der Waals surface area contributed by atoms with Crippen LogP contribution in [0.3, 0.4) is 0 Å². The molecule has 7 nitrogen and oxygen atoms in total. The van der Waals surface area contributed by atoms with Crippen LogP contribution in [0.15, 0.2) is 52.7 Å². The number of rotatable bonds is 9. The summed E-state index contributed by atoms with van der Waals surface area (Å²) in [4.78, 5) is 27.1. The van der Waals surface area contributed by atoms with Crippen LogP contribution in [0, 0.1) is 0 Å². The second-order valence-corrected chi connectivity index (χ2v) is 8.34. The lowest BCUT2D eigenvalue weighted by Crippen LogP contribution is -2.44. The number of carbonyl (C=O) groups excluding carboxylic acids is 2. The molecule has 0 aliphatic carbocycles. The van der Waals surface area contributed by atoms with Crippen molar-refractivity contribution in [2.24, 2.45) is 0 Å². The maximum absolute atomic E-state index is 13.2. The van der Waals surface area contributed by atoms with Crippen LogP contribution in [-0.2, 0) is 14.3 Å². The Kier molecular flexibility index (Phi) is 8.30. The molecule has 1 aliphatic rings. The molecule has 0 atom stereocenters. The number of methoxy groups -OCH3 is 1. The zero-order chi connectivity index (χ0) is 23.1. The maximum Gasteiger partial charge on any atom is 0.294 e. The van der Waals surface area contributed by atoms with Crippen molar-refractivity contribution in [3.63, 3.8) is 0 Å². The Bertz CT molecular complexity index is 1010. The van der Waals surface area contributed by atoms with E-state index in [1.807, 2.05) is 32.0 Å². The van der Waals surface area contributed by atoms with Gasteiger partial charge in [-0.2, -0.15) is 0 Å². The van der Waals surface area contributed by atoms with Crippen molar-refractivity contribution >= 4 is 39.5 Å². The van der Waals surface area contributed by atoms with Crippen molar-refractivity contribution in [2.45, 2.75) is 26.4 Å². The Balaban J connectivity index is 1.75. The summed E-state index contributed by atoms with van der Waals surface area (Å²) in [5.41, 5.74) is 1.32. The van der Waals surface area contributed by atoms with E-state index in [0.717, 1.165) is 10.0 Å². The predicted molar refractivity (Wildman–Crippen MR) is 127 cm³/mol. The van der Waals surface area contributed by atoms with E-state index in [4.69, 9.17) is 14.2 Å². The van der Waals surface area contributed by atoms with Crippen LogP contribution in [0.4, 0.5) is 5.69 Å². The van der Waals surface area contributed by atoms with Gasteiger partial charge in [-0.25, -0.2) is 0 Å². The zero-order valence-corrected chi connectivity index (χ0v) is 20.0. The Morgan fingerprint density at radius 3 is 2.75 bits per heavy atom. The Morgan fingerprint density at radius 1 is 1.25 bits per heavy atom. The first-order valence-electron chi connectivity index (χ1n) is 10.4. The van der Waals surface area contributed by atoms with Crippen molar-refractivity contribution < 1.29 is 23.8 Å². The first-order valence-corrected chi connectivity index (χ1v) is 11.2. The van der Waals surface area contributed by atoms with Gasteiger partial charge in [0.15, 0.2) is 11.5 Å². The van der Waals surface area contributed by atoms with Crippen molar-refractivity contribution in [1.82, 2.24) is 5.32 Å². The summed E-state index contributed by atoms with van der Waals surface area (Å²) in [7, 11) is 1.59. The summed E-state index contributed by atoms with van der Waals surface area (Å²) in [6.45, 7) is 4.88. The number of anilines is 1. The van der Waals surface area contributed by atoms with Crippen LogP contribution in [0.25, 0.3) is 6.08 Å². The van der Waals surface area contributed by atoms with Crippen molar-refractivity contribution in [1.29, 1.82) is 0 Å².